The monoisotopic (exact) mass is 687 g/mol. The Morgan fingerprint density at radius 1 is 0.837 bits per heavy atom. The predicted molar refractivity (Wildman–Crippen MR) is 194 cm³/mol. The number of methoxy groups -OCH3 is 1. The SMILES string of the molecule is CCCC(=O)O[C@]1(C(=O)COCCCCCCCCCCCCCCCCOC)CC[C@H]2[C@@H]3CCC4=CC(=O)CC[C@]4(C)[C@H]3[C@@H](O)C[C@@]21C. The van der Waals surface area contributed by atoms with Gasteiger partial charge in [0.1, 0.15) is 6.61 Å². The molecule has 0 aromatic rings. The highest BCUT2D eigenvalue weighted by Crippen LogP contribution is 2.68. The molecule has 1 N–H and O–H groups in total. The number of unbranched alkanes of at least 4 members (excludes halogenated alkanes) is 13. The lowest BCUT2D eigenvalue weighted by Crippen LogP contribution is -2.63. The van der Waals surface area contributed by atoms with E-state index in [1.165, 1.54) is 82.6 Å². The first-order valence-electron chi connectivity index (χ1n) is 20.4. The van der Waals surface area contributed by atoms with E-state index < -0.39 is 17.1 Å². The van der Waals surface area contributed by atoms with Gasteiger partial charge in [0.15, 0.2) is 11.4 Å². The van der Waals surface area contributed by atoms with Gasteiger partial charge in [-0.25, -0.2) is 0 Å². The molecule has 0 amide bonds. The summed E-state index contributed by atoms with van der Waals surface area (Å²) in [5, 5.41) is 11.9. The Kier molecular flexibility index (Phi) is 15.9. The zero-order chi connectivity index (χ0) is 35.3. The number of hydrogen-bond donors (Lipinski definition) is 1. The molecule has 4 aliphatic carbocycles. The van der Waals surface area contributed by atoms with Crippen LogP contribution >= 0.6 is 0 Å². The van der Waals surface area contributed by atoms with Gasteiger partial charge in [-0.1, -0.05) is 103 Å². The smallest absolute Gasteiger partial charge is 0.306 e. The van der Waals surface area contributed by atoms with E-state index in [1.54, 1.807) is 7.11 Å². The Bertz CT molecular complexity index is 1100. The number of esters is 1. The first-order valence-corrected chi connectivity index (χ1v) is 20.4. The summed E-state index contributed by atoms with van der Waals surface area (Å²) in [6.45, 7) is 7.67. The summed E-state index contributed by atoms with van der Waals surface area (Å²) in [5.74, 6) is 0.196. The van der Waals surface area contributed by atoms with Crippen molar-refractivity contribution < 1.29 is 33.7 Å². The van der Waals surface area contributed by atoms with Gasteiger partial charge in [0.25, 0.3) is 0 Å². The third-order valence-corrected chi connectivity index (χ3v) is 13.3. The van der Waals surface area contributed by atoms with Gasteiger partial charge in [0, 0.05) is 38.6 Å². The van der Waals surface area contributed by atoms with Crippen molar-refractivity contribution in [1.82, 2.24) is 0 Å². The molecule has 0 radical (unpaired) electrons. The van der Waals surface area contributed by atoms with Gasteiger partial charge in [-0.3, -0.25) is 14.4 Å². The molecule has 7 heteroatoms. The molecule has 4 aliphatic rings. The maximum atomic E-state index is 14.2. The third-order valence-electron chi connectivity index (χ3n) is 13.3. The lowest BCUT2D eigenvalue weighted by Gasteiger charge is -2.60. The molecule has 0 bridgehead atoms. The van der Waals surface area contributed by atoms with Crippen LogP contribution in [-0.4, -0.2) is 61.3 Å². The lowest BCUT2D eigenvalue weighted by molar-refractivity contribution is -0.202. The number of allylic oxidation sites excluding steroid dienone is 1. The number of carbonyl (C=O) groups is 3. The number of carbonyl (C=O) groups excluding carboxylic acids is 3. The number of fused-ring (bicyclic) bond motifs is 5. The molecule has 0 aromatic carbocycles. The van der Waals surface area contributed by atoms with Crippen molar-refractivity contribution in [3.8, 4) is 0 Å². The fourth-order valence-electron chi connectivity index (χ4n) is 10.7. The quantitative estimate of drug-likeness (QED) is 0.0845. The minimum atomic E-state index is -1.26. The molecule has 0 spiro atoms. The van der Waals surface area contributed by atoms with Crippen molar-refractivity contribution in [3.63, 3.8) is 0 Å². The minimum Gasteiger partial charge on any atom is -0.450 e. The molecule has 4 rings (SSSR count). The van der Waals surface area contributed by atoms with Gasteiger partial charge in [-0.15, -0.1) is 0 Å². The number of rotatable bonds is 23. The van der Waals surface area contributed by atoms with E-state index in [-0.39, 0.29) is 53.7 Å². The Morgan fingerprint density at radius 3 is 2.02 bits per heavy atom. The summed E-state index contributed by atoms with van der Waals surface area (Å²) in [7, 11) is 1.78. The van der Waals surface area contributed by atoms with E-state index >= 15 is 0 Å². The highest BCUT2D eigenvalue weighted by atomic mass is 16.6. The molecule has 280 valence electrons. The van der Waals surface area contributed by atoms with Crippen molar-refractivity contribution >= 4 is 17.5 Å². The second-order valence-corrected chi connectivity index (χ2v) is 16.6. The first-order chi connectivity index (χ1) is 23.6. The molecule has 0 aliphatic heterocycles. The van der Waals surface area contributed by atoms with Crippen LogP contribution in [0.15, 0.2) is 11.6 Å². The highest BCUT2D eigenvalue weighted by Gasteiger charge is 2.70. The van der Waals surface area contributed by atoms with Crippen molar-refractivity contribution in [2.45, 2.75) is 180 Å². The fraction of sp³-hybridized carbons (Fsp3) is 0.881. The number of Topliss-reactive ketones (excluding diaryl/α,β-unsaturated/α-hetero) is 1. The van der Waals surface area contributed by atoms with Gasteiger partial charge < -0.3 is 19.3 Å². The Labute approximate surface area is 298 Å². The van der Waals surface area contributed by atoms with Gasteiger partial charge in [-0.05, 0) is 87.0 Å². The van der Waals surface area contributed by atoms with Crippen LogP contribution in [0.5, 0.6) is 0 Å². The lowest BCUT2D eigenvalue weighted by atomic mass is 9.45. The van der Waals surface area contributed by atoms with Crippen LogP contribution in [0.25, 0.3) is 0 Å². The summed E-state index contributed by atoms with van der Waals surface area (Å²) in [4.78, 5) is 39.6. The molecule has 3 fully saturated rings. The van der Waals surface area contributed by atoms with Gasteiger partial charge in [-0.2, -0.15) is 0 Å². The molecular weight excluding hydrogens is 616 g/mol. The number of aliphatic hydroxyl groups is 1. The molecule has 0 aromatic heterocycles. The third kappa shape index (κ3) is 9.66. The average molecular weight is 687 g/mol. The van der Waals surface area contributed by atoms with Crippen molar-refractivity contribution in [3.05, 3.63) is 11.6 Å². The predicted octanol–water partition coefficient (Wildman–Crippen LogP) is 9.26. The normalized spacial score (nSPS) is 32.3. The fourth-order valence-corrected chi connectivity index (χ4v) is 10.7. The molecule has 7 atom stereocenters. The van der Waals surface area contributed by atoms with E-state index in [1.807, 2.05) is 13.0 Å². The Hall–Kier alpha value is -1.57. The molecule has 0 heterocycles. The van der Waals surface area contributed by atoms with E-state index in [2.05, 4.69) is 13.8 Å². The van der Waals surface area contributed by atoms with Crippen LogP contribution in [0.2, 0.25) is 0 Å². The Balaban J connectivity index is 1.21. The van der Waals surface area contributed by atoms with Gasteiger partial charge in [0.2, 0.25) is 5.78 Å². The molecule has 0 saturated heterocycles. The molecule has 3 saturated carbocycles. The molecule has 7 nitrogen and oxygen atoms in total. The Morgan fingerprint density at radius 2 is 1.43 bits per heavy atom. The second kappa shape index (κ2) is 19.3. The summed E-state index contributed by atoms with van der Waals surface area (Å²) < 4.78 is 17.4. The van der Waals surface area contributed by atoms with E-state index in [9.17, 15) is 19.5 Å². The van der Waals surface area contributed by atoms with Crippen LogP contribution in [0, 0.1) is 28.6 Å². The van der Waals surface area contributed by atoms with Crippen LogP contribution in [-0.2, 0) is 28.6 Å². The van der Waals surface area contributed by atoms with Crippen molar-refractivity contribution in [1.29, 1.82) is 0 Å². The van der Waals surface area contributed by atoms with E-state index in [0.29, 0.717) is 32.3 Å². The van der Waals surface area contributed by atoms with Crippen LogP contribution in [0.4, 0.5) is 0 Å². The zero-order valence-electron chi connectivity index (χ0n) is 31.7. The minimum absolute atomic E-state index is 0.0498. The second-order valence-electron chi connectivity index (χ2n) is 16.6. The first kappa shape index (κ1) is 40.2. The molecule has 49 heavy (non-hydrogen) atoms. The van der Waals surface area contributed by atoms with Crippen LogP contribution in [0.3, 0.4) is 0 Å². The van der Waals surface area contributed by atoms with Crippen LogP contribution < -0.4 is 0 Å². The largest absolute Gasteiger partial charge is 0.450 e. The van der Waals surface area contributed by atoms with Crippen molar-refractivity contribution in [2.24, 2.45) is 28.6 Å². The van der Waals surface area contributed by atoms with E-state index in [4.69, 9.17) is 14.2 Å². The maximum absolute atomic E-state index is 14.2. The summed E-state index contributed by atoms with van der Waals surface area (Å²) in [6, 6.07) is 0. The number of ketones is 2. The summed E-state index contributed by atoms with van der Waals surface area (Å²) in [6.07, 6.45) is 24.7. The molecular formula is C42H70O7. The zero-order valence-corrected chi connectivity index (χ0v) is 31.7. The van der Waals surface area contributed by atoms with Gasteiger partial charge >= 0.3 is 5.97 Å². The number of hydrogen-bond acceptors (Lipinski definition) is 7. The standard InChI is InChI=1S/C42H70O7/c1-5-20-38(46)49-42(37(45)31-48-28-19-17-15-13-11-9-7-6-8-10-12-14-16-18-27-47-4)26-24-35-34-22-21-32-29-33(43)23-25-40(32,2)39(34)36(44)30-41(35,42)3/h29,34-36,39,44H,5-28,30-31H2,1-4H3/t34-,35-,36-,39+,40-,41-,42-/m0/s1. The van der Waals surface area contributed by atoms with Crippen LogP contribution in [0.1, 0.15) is 168 Å². The highest BCUT2D eigenvalue weighted by molar-refractivity contribution is 5.92. The summed E-state index contributed by atoms with van der Waals surface area (Å²) >= 11 is 0. The summed E-state index contributed by atoms with van der Waals surface area (Å²) in [5.41, 5.74) is -0.913. The number of ether oxygens (including phenoxy) is 3. The topological polar surface area (TPSA) is 99.1 Å². The average Bonchev–Trinajstić information content (AvgIpc) is 3.36. The van der Waals surface area contributed by atoms with Crippen molar-refractivity contribution in [2.75, 3.05) is 26.9 Å². The molecule has 0 unspecified atom stereocenters. The van der Waals surface area contributed by atoms with E-state index in [0.717, 1.165) is 45.1 Å². The number of aliphatic hydroxyl groups excluding tert-OH is 1. The van der Waals surface area contributed by atoms with Gasteiger partial charge in [0.05, 0.1) is 6.10 Å². The maximum Gasteiger partial charge on any atom is 0.306 e.